The van der Waals surface area contributed by atoms with E-state index >= 15 is 0 Å². The van der Waals surface area contributed by atoms with Crippen LogP contribution in [0.4, 0.5) is 4.79 Å². The lowest BCUT2D eigenvalue weighted by atomic mass is 9.95. The van der Waals surface area contributed by atoms with E-state index in [1.165, 1.54) is 4.57 Å². The van der Waals surface area contributed by atoms with Crippen molar-refractivity contribution < 1.29 is 14.3 Å². The third kappa shape index (κ3) is 1.18. The van der Waals surface area contributed by atoms with E-state index in [1.807, 2.05) is 32.0 Å². The minimum absolute atomic E-state index is 0.327. The van der Waals surface area contributed by atoms with E-state index in [2.05, 4.69) is 0 Å². The SMILES string of the molecule is CC1(C)OC(=O)n2c(C=O)cc3cccc1c32. The number of ether oxygens (including phenoxy) is 1. The van der Waals surface area contributed by atoms with Crippen LogP contribution in [0, 0.1) is 0 Å². The highest BCUT2D eigenvalue weighted by Gasteiger charge is 2.35. The molecule has 0 unspecified atom stereocenters. The molecule has 1 aliphatic heterocycles. The quantitative estimate of drug-likeness (QED) is 0.706. The minimum Gasteiger partial charge on any atom is -0.438 e. The van der Waals surface area contributed by atoms with E-state index in [-0.39, 0.29) is 0 Å². The number of nitrogens with zero attached hydrogens (tertiary/aromatic N) is 1. The molecular weight excluding hydrogens is 218 g/mol. The Hall–Kier alpha value is -2.10. The lowest BCUT2D eigenvalue weighted by Crippen LogP contribution is -2.34. The number of carbonyl (C=O) groups excluding carboxylic acids is 2. The average Bonchev–Trinajstić information content (AvgIpc) is 2.64. The summed E-state index contributed by atoms with van der Waals surface area (Å²) in [6.07, 6.45) is 0.175. The van der Waals surface area contributed by atoms with Gasteiger partial charge in [-0.3, -0.25) is 4.79 Å². The molecule has 3 rings (SSSR count). The highest BCUT2D eigenvalue weighted by Crippen LogP contribution is 2.37. The molecule has 0 fully saturated rings. The van der Waals surface area contributed by atoms with Crippen molar-refractivity contribution in [2.45, 2.75) is 19.4 Å². The fourth-order valence-corrected chi connectivity index (χ4v) is 2.37. The number of cyclic esters (lactones) is 1. The Balaban J connectivity index is 2.52. The molecule has 0 amide bonds. The zero-order valence-electron chi connectivity index (χ0n) is 9.56. The summed E-state index contributed by atoms with van der Waals surface area (Å²) in [5, 5.41) is 0.884. The van der Waals surface area contributed by atoms with Crippen molar-refractivity contribution >= 4 is 23.3 Å². The van der Waals surface area contributed by atoms with Crippen LogP contribution < -0.4 is 0 Å². The van der Waals surface area contributed by atoms with Gasteiger partial charge in [0, 0.05) is 10.9 Å². The molecule has 0 bridgehead atoms. The van der Waals surface area contributed by atoms with Gasteiger partial charge in [-0.2, -0.15) is 0 Å². The fourth-order valence-electron chi connectivity index (χ4n) is 2.37. The van der Waals surface area contributed by atoms with Crippen LogP contribution in [0.1, 0.15) is 29.9 Å². The fraction of sp³-hybridized carbons (Fsp3) is 0.231. The molecule has 1 aromatic carbocycles. The van der Waals surface area contributed by atoms with Crippen LogP contribution in [-0.4, -0.2) is 16.9 Å². The molecule has 2 aromatic rings. The summed E-state index contributed by atoms with van der Waals surface area (Å²) in [6, 6.07) is 7.41. The van der Waals surface area contributed by atoms with Crippen LogP contribution in [0.15, 0.2) is 24.3 Å². The Kier molecular flexibility index (Phi) is 1.76. The summed E-state index contributed by atoms with van der Waals surface area (Å²) < 4.78 is 6.69. The lowest BCUT2D eigenvalue weighted by Gasteiger charge is -2.31. The smallest absolute Gasteiger partial charge is 0.419 e. The zero-order valence-corrected chi connectivity index (χ0v) is 9.56. The number of hydrogen-bond acceptors (Lipinski definition) is 3. The largest absolute Gasteiger partial charge is 0.438 e. The summed E-state index contributed by atoms with van der Waals surface area (Å²) in [5.41, 5.74) is 1.36. The number of hydrogen-bond donors (Lipinski definition) is 0. The molecule has 2 heterocycles. The second-order valence-corrected chi connectivity index (χ2v) is 4.64. The summed E-state index contributed by atoms with van der Waals surface area (Å²) in [4.78, 5) is 22.9. The zero-order chi connectivity index (χ0) is 12.2. The summed E-state index contributed by atoms with van der Waals surface area (Å²) in [7, 11) is 0. The number of aromatic nitrogens is 1. The first-order valence-electron chi connectivity index (χ1n) is 5.38. The first-order valence-corrected chi connectivity index (χ1v) is 5.38. The van der Waals surface area contributed by atoms with Gasteiger partial charge < -0.3 is 4.74 Å². The van der Waals surface area contributed by atoms with E-state index in [4.69, 9.17) is 4.74 Å². The van der Waals surface area contributed by atoms with Crippen LogP contribution >= 0.6 is 0 Å². The first kappa shape index (κ1) is 10.1. The molecule has 4 nitrogen and oxygen atoms in total. The maximum atomic E-state index is 11.9. The van der Waals surface area contributed by atoms with Gasteiger partial charge in [0.15, 0.2) is 6.29 Å². The van der Waals surface area contributed by atoms with Crippen molar-refractivity contribution in [1.29, 1.82) is 0 Å². The van der Waals surface area contributed by atoms with Crippen LogP contribution in [0.3, 0.4) is 0 Å². The molecular formula is C13H11NO3. The molecule has 0 N–H and O–H groups in total. The molecule has 0 spiro atoms. The molecule has 0 saturated carbocycles. The van der Waals surface area contributed by atoms with Crippen LogP contribution in [0.2, 0.25) is 0 Å². The Morgan fingerprint density at radius 2 is 2.12 bits per heavy atom. The van der Waals surface area contributed by atoms with E-state index < -0.39 is 11.7 Å². The van der Waals surface area contributed by atoms with Crippen molar-refractivity contribution in [3.8, 4) is 0 Å². The molecule has 0 atom stereocenters. The standard InChI is InChI=1S/C13H11NO3/c1-13(2)10-5-3-4-8-6-9(7-15)14(11(8)10)12(16)17-13/h3-7H,1-2H3. The predicted octanol–water partition coefficient (Wildman–Crippen LogP) is 2.69. The Morgan fingerprint density at radius 1 is 1.35 bits per heavy atom. The van der Waals surface area contributed by atoms with Gasteiger partial charge in [0.05, 0.1) is 11.2 Å². The summed E-state index contributed by atoms with van der Waals surface area (Å²) in [6.45, 7) is 3.69. The third-order valence-electron chi connectivity index (χ3n) is 3.15. The second-order valence-electron chi connectivity index (χ2n) is 4.64. The Morgan fingerprint density at radius 3 is 2.82 bits per heavy atom. The predicted molar refractivity (Wildman–Crippen MR) is 62.2 cm³/mol. The van der Waals surface area contributed by atoms with Crippen molar-refractivity contribution in [1.82, 2.24) is 4.57 Å². The van der Waals surface area contributed by atoms with E-state index in [9.17, 15) is 9.59 Å². The van der Waals surface area contributed by atoms with Gasteiger partial charge in [0.25, 0.3) is 0 Å². The van der Waals surface area contributed by atoms with Gasteiger partial charge in [0.2, 0.25) is 0 Å². The van der Waals surface area contributed by atoms with Gasteiger partial charge in [-0.1, -0.05) is 18.2 Å². The van der Waals surface area contributed by atoms with Crippen molar-refractivity contribution in [3.63, 3.8) is 0 Å². The highest BCUT2D eigenvalue weighted by molar-refractivity contribution is 6.00. The highest BCUT2D eigenvalue weighted by atomic mass is 16.6. The van der Waals surface area contributed by atoms with Crippen LogP contribution in [-0.2, 0) is 10.3 Å². The molecule has 1 aromatic heterocycles. The van der Waals surface area contributed by atoms with E-state index in [0.29, 0.717) is 12.0 Å². The summed E-state index contributed by atoms with van der Waals surface area (Å²) >= 11 is 0. The van der Waals surface area contributed by atoms with Gasteiger partial charge in [-0.15, -0.1) is 0 Å². The van der Waals surface area contributed by atoms with Crippen LogP contribution in [0.5, 0.6) is 0 Å². The lowest BCUT2D eigenvalue weighted by molar-refractivity contribution is 0.0327. The number of aldehydes is 1. The molecule has 1 aliphatic rings. The van der Waals surface area contributed by atoms with Gasteiger partial charge >= 0.3 is 6.09 Å². The maximum Gasteiger partial charge on any atom is 0.419 e. The van der Waals surface area contributed by atoms with Crippen molar-refractivity contribution in [2.75, 3.05) is 0 Å². The Labute approximate surface area is 97.8 Å². The minimum atomic E-state index is -0.662. The molecule has 0 saturated heterocycles. The van der Waals surface area contributed by atoms with Gasteiger partial charge in [-0.25, -0.2) is 9.36 Å². The first-order chi connectivity index (χ1) is 8.04. The second kappa shape index (κ2) is 2.97. The Bertz CT molecular complexity index is 652. The van der Waals surface area contributed by atoms with Crippen molar-refractivity contribution in [2.24, 2.45) is 0 Å². The normalized spacial score (nSPS) is 16.9. The number of para-hydroxylation sites is 1. The molecule has 17 heavy (non-hydrogen) atoms. The topological polar surface area (TPSA) is 48.3 Å². The van der Waals surface area contributed by atoms with E-state index in [0.717, 1.165) is 16.5 Å². The number of benzene rings is 1. The third-order valence-corrected chi connectivity index (χ3v) is 3.15. The molecule has 4 heteroatoms. The number of rotatable bonds is 1. The average molecular weight is 229 g/mol. The molecule has 0 radical (unpaired) electrons. The van der Waals surface area contributed by atoms with Crippen molar-refractivity contribution in [3.05, 3.63) is 35.5 Å². The monoisotopic (exact) mass is 229 g/mol. The van der Waals surface area contributed by atoms with Gasteiger partial charge in [-0.05, 0) is 19.9 Å². The maximum absolute atomic E-state index is 11.9. The van der Waals surface area contributed by atoms with Gasteiger partial charge in [0.1, 0.15) is 5.60 Å². The number of carbonyl (C=O) groups is 2. The molecule has 86 valence electrons. The van der Waals surface area contributed by atoms with E-state index in [1.54, 1.807) is 6.07 Å². The summed E-state index contributed by atoms with van der Waals surface area (Å²) in [5.74, 6) is 0. The molecule has 0 aliphatic carbocycles. The van der Waals surface area contributed by atoms with Crippen LogP contribution in [0.25, 0.3) is 10.9 Å².